The number of hydrogen-bond donors (Lipinski definition) is 1. The Balaban J connectivity index is 2.38. The molecule has 0 saturated carbocycles. The van der Waals surface area contributed by atoms with E-state index in [1.54, 1.807) is 0 Å². The summed E-state index contributed by atoms with van der Waals surface area (Å²) in [4.78, 5) is 0.0713. The summed E-state index contributed by atoms with van der Waals surface area (Å²) in [6, 6.07) is 2.14. The number of nitrogens with one attached hydrogen (secondary N) is 1. The summed E-state index contributed by atoms with van der Waals surface area (Å²) >= 11 is 1.95. The number of furan rings is 1. The van der Waals surface area contributed by atoms with Gasteiger partial charge in [-0.15, -0.1) is 11.8 Å². The summed E-state index contributed by atoms with van der Waals surface area (Å²) < 4.78 is 5.54. The summed E-state index contributed by atoms with van der Waals surface area (Å²) in [5.41, 5.74) is 1.30. The van der Waals surface area contributed by atoms with Gasteiger partial charge in [0.2, 0.25) is 0 Å². The molecule has 0 amide bonds. The Labute approximate surface area is 83.1 Å². The van der Waals surface area contributed by atoms with E-state index in [9.17, 15) is 0 Å². The lowest BCUT2D eigenvalue weighted by Gasteiger charge is -2.22. The van der Waals surface area contributed by atoms with E-state index in [0.29, 0.717) is 0 Å². The Morgan fingerprint density at radius 2 is 2.31 bits per heavy atom. The Bertz CT molecular complexity index is 313. The minimum Gasteiger partial charge on any atom is -0.466 e. The highest BCUT2D eigenvalue weighted by Gasteiger charge is 2.33. The third-order valence-electron chi connectivity index (χ3n) is 2.51. The van der Waals surface area contributed by atoms with Gasteiger partial charge in [-0.05, 0) is 26.8 Å². The van der Waals surface area contributed by atoms with Gasteiger partial charge in [0.15, 0.2) is 0 Å². The second-order valence-electron chi connectivity index (χ2n) is 3.64. The monoisotopic (exact) mass is 197 g/mol. The summed E-state index contributed by atoms with van der Waals surface area (Å²) in [5, 5.41) is 3.51. The van der Waals surface area contributed by atoms with Crippen LogP contribution in [0.25, 0.3) is 0 Å². The molecule has 1 aromatic rings. The van der Waals surface area contributed by atoms with Crippen LogP contribution in [0, 0.1) is 13.8 Å². The second kappa shape index (κ2) is 3.07. The van der Waals surface area contributed by atoms with E-state index in [4.69, 9.17) is 4.42 Å². The van der Waals surface area contributed by atoms with Crippen LogP contribution in [-0.4, -0.2) is 12.3 Å². The van der Waals surface area contributed by atoms with Gasteiger partial charge in [0.25, 0.3) is 0 Å². The highest BCUT2D eigenvalue weighted by atomic mass is 32.2. The Morgan fingerprint density at radius 3 is 2.77 bits per heavy atom. The van der Waals surface area contributed by atoms with Crippen LogP contribution in [0.2, 0.25) is 0 Å². The van der Waals surface area contributed by atoms with E-state index >= 15 is 0 Å². The average Bonchev–Trinajstić information content (AvgIpc) is 2.59. The first kappa shape index (κ1) is 9.16. The van der Waals surface area contributed by atoms with Gasteiger partial charge in [0.05, 0.1) is 4.87 Å². The molecule has 3 heteroatoms. The summed E-state index contributed by atoms with van der Waals surface area (Å²) in [6.45, 7) is 7.35. The van der Waals surface area contributed by atoms with E-state index in [-0.39, 0.29) is 4.87 Å². The SMILES string of the molecule is Cc1cc(C2(C)NCCS2)c(C)o1. The molecular formula is C10H15NOS. The van der Waals surface area contributed by atoms with Crippen LogP contribution < -0.4 is 5.32 Å². The molecule has 2 nitrogen and oxygen atoms in total. The minimum absolute atomic E-state index is 0.0713. The maximum absolute atomic E-state index is 5.54. The van der Waals surface area contributed by atoms with Crippen molar-refractivity contribution < 1.29 is 4.42 Å². The number of thioether (sulfide) groups is 1. The van der Waals surface area contributed by atoms with Crippen LogP contribution in [0.5, 0.6) is 0 Å². The largest absolute Gasteiger partial charge is 0.466 e. The standard InChI is InChI=1S/C10H15NOS/c1-7-6-9(8(2)12-7)10(3)11-4-5-13-10/h6,11H,4-5H2,1-3H3. The van der Waals surface area contributed by atoms with Gasteiger partial charge in [-0.1, -0.05) is 0 Å². The fourth-order valence-corrected chi connectivity index (χ4v) is 3.05. The Morgan fingerprint density at radius 1 is 1.54 bits per heavy atom. The lowest BCUT2D eigenvalue weighted by molar-refractivity contribution is 0.487. The topological polar surface area (TPSA) is 25.2 Å². The number of hydrogen-bond acceptors (Lipinski definition) is 3. The van der Waals surface area contributed by atoms with Gasteiger partial charge in [0, 0.05) is 17.9 Å². The van der Waals surface area contributed by atoms with Crippen molar-refractivity contribution in [3.63, 3.8) is 0 Å². The zero-order valence-electron chi connectivity index (χ0n) is 8.31. The van der Waals surface area contributed by atoms with Crippen molar-refractivity contribution >= 4 is 11.8 Å². The van der Waals surface area contributed by atoms with Crippen molar-refractivity contribution in [3.05, 3.63) is 23.2 Å². The molecule has 1 atom stereocenters. The lowest BCUT2D eigenvalue weighted by atomic mass is 10.1. The zero-order chi connectivity index (χ0) is 9.47. The first-order chi connectivity index (χ1) is 6.12. The summed E-state index contributed by atoms with van der Waals surface area (Å²) in [7, 11) is 0. The third-order valence-corrected chi connectivity index (χ3v) is 3.86. The molecule has 1 saturated heterocycles. The second-order valence-corrected chi connectivity index (χ2v) is 5.15. The van der Waals surface area contributed by atoms with Gasteiger partial charge in [-0.3, -0.25) is 5.32 Å². The van der Waals surface area contributed by atoms with Crippen LogP contribution in [0.1, 0.15) is 24.0 Å². The molecule has 1 unspecified atom stereocenters. The van der Waals surface area contributed by atoms with Gasteiger partial charge in [-0.25, -0.2) is 0 Å². The molecule has 1 aliphatic heterocycles. The maximum atomic E-state index is 5.54. The maximum Gasteiger partial charge on any atom is 0.106 e. The van der Waals surface area contributed by atoms with Crippen molar-refractivity contribution in [2.45, 2.75) is 25.6 Å². The van der Waals surface area contributed by atoms with Crippen LogP contribution in [-0.2, 0) is 4.87 Å². The molecular weight excluding hydrogens is 182 g/mol. The van der Waals surface area contributed by atoms with Crippen molar-refractivity contribution in [1.29, 1.82) is 0 Å². The molecule has 2 heterocycles. The van der Waals surface area contributed by atoms with E-state index in [2.05, 4.69) is 18.3 Å². The van der Waals surface area contributed by atoms with Crippen molar-refractivity contribution in [1.82, 2.24) is 5.32 Å². The van der Waals surface area contributed by atoms with Gasteiger partial charge in [-0.2, -0.15) is 0 Å². The van der Waals surface area contributed by atoms with Crippen LogP contribution in [0.4, 0.5) is 0 Å². The highest BCUT2D eigenvalue weighted by Crippen LogP contribution is 2.39. The predicted molar refractivity (Wildman–Crippen MR) is 56.0 cm³/mol. The molecule has 0 aromatic carbocycles. The molecule has 0 spiro atoms. The lowest BCUT2D eigenvalue weighted by Crippen LogP contribution is -2.30. The summed E-state index contributed by atoms with van der Waals surface area (Å²) in [5.74, 6) is 3.23. The highest BCUT2D eigenvalue weighted by molar-refractivity contribution is 8.00. The normalized spacial score (nSPS) is 28.2. The molecule has 1 N–H and O–H groups in total. The minimum atomic E-state index is 0.0713. The molecule has 0 bridgehead atoms. The first-order valence-corrected chi connectivity index (χ1v) is 5.57. The molecule has 1 aromatic heterocycles. The van der Waals surface area contributed by atoms with Crippen LogP contribution >= 0.6 is 11.8 Å². The van der Waals surface area contributed by atoms with E-state index in [1.165, 1.54) is 11.3 Å². The van der Waals surface area contributed by atoms with Crippen molar-refractivity contribution in [2.24, 2.45) is 0 Å². The summed E-state index contributed by atoms with van der Waals surface area (Å²) in [6.07, 6.45) is 0. The number of aryl methyl sites for hydroxylation is 2. The Kier molecular flexibility index (Phi) is 2.16. The van der Waals surface area contributed by atoms with Crippen molar-refractivity contribution in [2.75, 3.05) is 12.3 Å². The Hall–Kier alpha value is -0.410. The molecule has 0 aliphatic carbocycles. The van der Waals surface area contributed by atoms with Crippen LogP contribution in [0.15, 0.2) is 10.5 Å². The van der Waals surface area contributed by atoms with Crippen molar-refractivity contribution in [3.8, 4) is 0 Å². The molecule has 2 rings (SSSR count). The quantitative estimate of drug-likeness (QED) is 0.748. The predicted octanol–water partition coefficient (Wildman–Crippen LogP) is 2.41. The fraction of sp³-hybridized carbons (Fsp3) is 0.600. The molecule has 72 valence electrons. The zero-order valence-corrected chi connectivity index (χ0v) is 9.12. The first-order valence-electron chi connectivity index (χ1n) is 4.58. The molecule has 0 radical (unpaired) electrons. The average molecular weight is 197 g/mol. The van der Waals surface area contributed by atoms with Gasteiger partial charge < -0.3 is 4.42 Å². The smallest absolute Gasteiger partial charge is 0.106 e. The van der Waals surface area contributed by atoms with Crippen LogP contribution in [0.3, 0.4) is 0 Å². The fourth-order valence-electron chi connectivity index (χ4n) is 1.87. The molecule has 13 heavy (non-hydrogen) atoms. The molecule has 1 aliphatic rings. The van der Waals surface area contributed by atoms with E-state index in [1.807, 2.05) is 25.6 Å². The van der Waals surface area contributed by atoms with Gasteiger partial charge in [0.1, 0.15) is 11.5 Å². The molecule has 1 fully saturated rings. The van der Waals surface area contributed by atoms with Gasteiger partial charge >= 0.3 is 0 Å². The number of rotatable bonds is 1. The van der Waals surface area contributed by atoms with E-state index < -0.39 is 0 Å². The third kappa shape index (κ3) is 1.51. The van der Waals surface area contributed by atoms with E-state index in [0.717, 1.165) is 18.1 Å².